The highest BCUT2D eigenvalue weighted by Crippen LogP contribution is 2.30. The lowest BCUT2D eigenvalue weighted by molar-refractivity contribution is 0.117. The number of hydrogen-bond acceptors (Lipinski definition) is 3. The van der Waals surface area contributed by atoms with E-state index in [-0.39, 0.29) is 0 Å². The smallest absolute Gasteiger partial charge is 0.132 e. The Bertz CT molecular complexity index is 252. The van der Waals surface area contributed by atoms with E-state index in [0.717, 1.165) is 6.42 Å². The van der Waals surface area contributed by atoms with Crippen LogP contribution in [0.4, 0.5) is 0 Å². The summed E-state index contributed by atoms with van der Waals surface area (Å²) >= 11 is 2.02. The summed E-state index contributed by atoms with van der Waals surface area (Å²) in [6.45, 7) is 0. The maximum Gasteiger partial charge on any atom is 0.132 e. The zero-order valence-electron chi connectivity index (χ0n) is 8.19. The van der Waals surface area contributed by atoms with Gasteiger partial charge in [0.05, 0.1) is 6.26 Å². The third-order valence-corrected chi connectivity index (χ3v) is 3.82. The average molecular weight is 212 g/mol. The van der Waals surface area contributed by atoms with Gasteiger partial charge in [0.2, 0.25) is 0 Å². The highest BCUT2D eigenvalue weighted by atomic mass is 32.2. The van der Waals surface area contributed by atoms with E-state index in [1.807, 2.05) is 23.9 Å². The lowest BCUT2D eigenvalue weighted by Crippen LogP contribution is -2.13. The molecule has 1 fully saturated rings. The molecule has 0 bridgehead atoms. The summed E-state index contributed by atoms with van der Waals surface area (Å²) in [5, 5.41) is 9.86. The van der Waals surface area contributed by atoms with E-state index in [9.17, 15) is 5.11 Å². The number of aliphatic hydroxyl groups is 1. The van der Waals surface area contributed by atoms with Gasteiger partial charge in [-0.05, 0) is 48.8 Å². The minimum absolute atomic E-state index is 0.405. The maximum atomic E-state index is 9.86. The molecule has 1 aromatic heterocycles. The number of rotatable bonds is 3. The number of aliphatic hydroxyl groups excluding tert-OH is 1. The molecule has 1 aliphatic heterocycles. The Morgan fingerprint density at radius 3 is 2.93 bits per heavy atom. The SMILES string of the molecule is OC(CC1CCSCC1)c1ccco1. The molecule has 1 unspecified atom stereocenters. The van der Waals surface area contributed by atoms with Crippen molar-refractivity contribution >= 4 is 11.8 Å². The quantitative estimate of drug-likeness (QED) is 0.836. The van der Waals surface area contributed by atoms with E-state index in [4.69, 9.17) is 4.42 Å². The van der Waals surface area contributed by atoms with Crippen LogP contribution >= 0.6 is 11.8 Å². The molecule has 0 saturated carbocycles. The van der Waals surface area contributed by atoms with Gasteiger partial charge < -0.3 is 9.52 Å². The van der Waals surface area contributed by atoms with Crippen LogP contribution in [0, 0.1) is 5.92 Å². The molecule has 0 amide bonds. The van der Waals surface area contributed by atoms with Crippen molar-refractivity contribution in [1.29, 1.82) is 0 Å². The third kappa shape index (κ3) is 2.55. The molecule has 14 heavy (non-hydrogen) atoms. The Morgan fingerprint density at radius 1 is 1.50 bits per heavy atom. The van der Waals surface area contributed by atoms with Crippen LogP contribution in [0.3, 0.4) is 0 Å². The van der Waals surface area contributed by atoms with Crippen LogP contribution in [-0.2, 0) is 0 Å². The molecule has 1 aromatic rings. The summed E-state index contributed by atoms with van der Waals surface area (Å²) < 4.78 is 5.18. The van der Waals surface area contributed by atoms with Crippen molar-refractivity contribution in [2.75, 3.05) is 11.5 Å². The number of thioether (sulfide) groups is 1. The molecule has 1 saturated heterocycles. The molecular weight excluding hydrogens is 196 g/mol. The second-order valence-electron chi connectivity index (χ2n) is 3.82. The standard InChI is InChI=1S/C11H16O2S/c12-10(11-2-1-5-13-11)8-9-3-6-14-7-4-9/h1-2,5,9-10,12H,3-4,6-8H2. The van der Waals surface area contributed by atoms with Crippen LogP contribution in [0.25, 0.3) is 0 Å². The summed E-state index contributed by atoms with van der Waals surface area (Å²) in [5.41, 5.74) is 0. The first-order chi connectivity index (χ1) is 6.86. The predicted octanol–water partition coefficient (Wildman–Crippen LogP) is 2.85. The highest BCUT2D eigenvalue weighted by Gasteiger charge is 2.19. The second kappa shape index (κ2) is 4.89. The van der Waals surface area contributed by atoms with Gasteiger partial charge in [0.15, 0.2) is 0 Å². The van der Waals surface area contributed by atoms with Gasteiger partial charge in [-0.25, -0.2) is 0 Å². The largest absolute Gasteiger partial charge is 0.467 e. The zero-order chi connectivity index (χ0) is 9.80. The molecule has 1 aliphatic rings. The number of hydrogen-bond donors (Lipinski definition) is 1. The molecule has 0 spiro atoms. The minimum Gasteiger partial charge on any atom is -0.467 e. The first kappa shape index (κ1) is 10.1. The molecule has 3 heteroatoms. The molecule has 0 aliphatic carbocycles. The Balaban J connectivity index is 1.84. The number of furan rings is 1. The van der Waals surface area contributed by atoms with Gasteiger partial charge in [0.25, 0.3) is 0 Å². The summed E-state index contributed by atoms with van der Waals surface area (Å²) in [5.74, 6) is 3.88. The Labute approximate surface area is 88.7 Å². The van der Waals surface area contributed by atoms with Crippen molar-refractivity contribution < 1.29 is 9.52 Å². The van der Waals surface area contributed by atoms with Crippen molar-refractivity contribution in [3.8, 4) is 0 Å². The summed E-state index contributed by atoms with van der Waals surface area (Å²) in [7, 11) is 0. The first-order valence-corrected chi connectivity index (χ1v) is 6.31. The van der Waals surface area contributed by atoms with Gasteiger partial charge in [0, 0.05) is 0 Å². The van der Waals surface area contributed by atoms with E-state index in [2.05, 4.69) is 0 Å². The fraction of sp³-hybridized carbons (Fsp3) is 0.636. The molecule has 0 radical (unpaired) electrons. The van der Waals surface area contributed by atoms with E-state index >= 15 is 0 Å². The average Bonchev–Trinajstić information content (AvgIpc) is 2.72. The van der Waals surface area contributed by atoms with Crippen LogP contribution in [-0.4, -0.2) is 16.6 Å². The lowest BCUT2D eigenvalue weighted by atomic mass is 9.95. The molecule has 2 nitrogen and oxygen atoms in total. The first-order valence-electron chi connectivity index (χ1n) is 5.15. The Morgan fingerprint density at radius 2 is 2.29 bits per heavy atom. The third-order valence-electron chi connectivity index (χ3n) is 2.77. The minimum atomic E-state index is -0.405. The van der Waals surface area contributed by atoms with E-state index in [1.165, 1.54) is 24.3 Å². The van der Waals surface area contributed by atoms with Crippen molar-refractivity contribution in [3.63, 3.8) is 0 Å². The molecule has 1 N–H and O–H groups in total. The maximum absolute atomic E-state index is 9.86. The second-order valence-corrected chi connectivity index (χ2v) is 5.05. The van der Waals surface area contributed by atoms with Crippen LogP contribution < -0.4 is 0 Å². The van der Waals surface area contributed by atoms with Gasteiger partial charge >= 0.3 is 0 Å². The van der Waals surface area contributed by atoms with E-state index in [0.29, 0.717) is 11.7 Å². The van der Waals surface area contributed by atoms with Crippen molar-refractivity contribution in [3.05, 3.63) is 24.2 Å². The van der Waals surface area contributed by atoms with Gasteiger partial charge in [-0.15, -0.1) is 0 Å². The fourth-order valence-corrected chi connectivity index (χ4v) is 3.10. The summed E-state index contributed by atoms with van der Waals surface area (Å²) in [6, 6.07) is 3.68. The van der Waals surface area contributed by atoms with Gasteiger partial charge in [-0.1, -0.05) is 0 Å². The molecule has 0 aromatic carbocycles. The van der Waals surface area contributed by atoms with Crippen molar-refractivity contribution in [2.24, 2.45) is 5.92 Å². The molecule has 2 rings (SSSR count). The Kier molecular flexibility index (Phi) is 3.54. The fourth-order valence-electron chi connectivity index (χ4n) is 1.89. The van der Waals surface area contributed by atoms with E-state index in [1.54, 1.807) is 6.26 Å². The van der Waals surface area contributed by atoms with Crippen LogP contribution in [0.2, 0.25) is 0 Å². The van der Waals surface area contributed by atoms with Crippen molar-refractivity contribution in [1.82, 2.24) is 0 Å². The highest BCUT2D eigenvalue weighted by molar-refractivity contribution is 7.99. The monoisotopic (exact) mass is 212 g/mol. The summed E-state index contributed by atoms with van der Waals surface area (Å²) in [4.78, 5) is 0. The normalized spacial score (nSPS) is 20.9. The van der Waals surface area contributed by atoms with Crippen molar-refractivity contribution in [2.45, 2.75) is 25.4 Å². The topological polar surface area (TPSA) is 33.4 Å². The lowest BCUT2D eigenvalue weighted by Gasteiger charge is -2.22. The van der Waals surface area contributed by atoms with E-state index < -0.39 is 6.10 Å². The van der Waals surface area contributed by atoms with Crippen LogP contribution in [0.5, 0.6) is 0 Å². The van der Waals surface area contributed by atoms with Gasteiger partial charge in [0.1, 0.15) is 11.9 Å². The molecule has 78 valence electrons. The Hall–Kier alpha value is -0.410. The van der Waals surface area contributed by atoms with Crippen LogP contribution in [0.15, 0.2) is 22.8 Å². The predicted molar refractivity (Wildman–Crippen MR) is 58.3 cm³/mol. The molecule has 1 atom stereocenters. The molecule has 2 heterocycles. The van der Waals surface area contributed by atoms with Gasteiger partial charge in [-0.2, -0.15) is 11.8 Å². The molecular formula is C11H16O2S. The zero-order valence-corrected chi connectivity index (χ0v) is 9.00. The summed E-state index contributed by atoms with van der Waals surface area (Å²) in [6.07, 6.45) is 4.55. The van der Waals surface area contributed by atoms with Gasteiger partial charge in [-0.3, -0.25) is 0 Å². The van der Waals surface area contributed by atoms with Crippen LogP contribution in [0.1, 0.15) is 31.1 Å².